The van der Waals surface area contributed by atoms with Crippen molar-refractivity contribution in [3.05, 3.63) is 206 Å². The molecule has 11 rings (SSSR count). The van der Waals surface area contributed by atoms with E-state index in [1.54, 1.807) is 0 Å². The summed E-state index contributed by atoms with van der Waals surface area (Å²) in [5, 5.41) is 8.36. The van der Waals surface area contributed by atoms with Gasteiger partial charge in [0.2, 0.25) is 0 Å². The van der Waals surface area contributed by atoms with E-state index in [2.05, 4.69) is 146 Å². The predicted octanol–water partition coefficient (Wildman–Crippen LogP) is 13.9. The summed E-state index contributed by atoms with van der Waals surface area (Å²) in [6.45, 7) is 0. The van der Waals surface area contributed by atoms with E-state index in [1.165, 1.54) is 32.5 Å². The Labute approximate surface area is 335 Å². The lowest BCUT2D eigenvalue weighted by Crippen LogP contribution is -2.00. The number of para-hydroxylation sites is 1. The van der Waals surface area contributed by atoms with Crippen molar-refractivity contribution >= 4 is 43.2 Å². The van der Waals surface area contributed by atoms with E-state index >= 15 is 0 Å². The van der Waals surface area contributed by atoms with Gasteiger partial charge in [0.25, 0.3) is 0 Å². The molecule has 0 amide bonds. The molecule has 270 valence electrons. The molecular formula is C54H34N4. The molecule has 0 saturated carbocycles. The Kier molecular flexibility index (Phi) is 8.11. The number of benzene rings is 9. The predicted molar refractivity (Wildman–Crippen MR) is 240 cm³/mol. The van der Waals surface area contributed by atoms with E-state index in [0.717, 1.165) is 60.9 Å². The van der Waals surface area contributed by atoms with Gasteiger partial charge in [0.1, 0.15) is 0 Å². The number of aromatic nitrogens is 4. The summed E-state index contributed by atoms with van der Waals surface area (Å²) in [6.07, 6.45) is 0. The molecular weight excluding hydrogens is 705 g/mol. The minimum Gasteiger partial charge on any atom is -0.247 e. The Morgan fingerprint density at radius 3 is 1.48 bits per heavy atom. The molecule has 0 atom stereocenters. The van der Waals surface area contributed by atoms with Crippen LogP contribution in [0.25, 0.3) is 111 Å². The van der Waals surface area contributed by atoms with Gasteiger partial charge in [0.05, 0.1) is 11.2 Å². The van der Waals surface area contributed by atoms with Crippen LogP contribution >= 0.6 is 0 Å². The molecule has 0 bridgehead atoms. The Morgan fingerprint density at radius 2 is 0.776 bits per heavy atom. The van der Waals surface area contributed by atoms with Crippen molar-refractivity contribution in [1.82, 2.24) is 19.9 Å². The summed E-state index contributed by atoms with van der Waals surface area (Å²) < 4.78 is 0. The second-order valence-electron chi connectivity index (χ2n) is 14.6. The van der Waals surface area contributed by atoms with Crippen LogP contribution in [0.4, 0.5) is 0 Å². The molecule has 2 heterocycles. The molecule has 0 saturated heterocycles. The van der Waals surface area contributed by atoms with Crippen molar-refractivity contribution in [2.75, 3.05) is 0 Å². The smallest absolute Gasteiger partial charge is 0.164 e. The van der Waals surface area contributed by atoms with Gasteiger partial charge in [0, 0.05) is 38.4 Å². The van der Waals surface area contributed by atoms with Crippen LogP contribution in [0.1, 0.15) is 0 Å². The van der Waals surface area contributed by atoms with Gasteiger partial charge < -0.3 is 0 Å². The third-order valence-electron chi connectivity index (χ3n) is 11.1. The fraction of sp³-hybridized carbons (Fsp3) is 0. The molecule has 0 aliphatic rings. The number of fused-ring (bicyclic) bond motifs is 6. The molecule has 58 heavy (non-hydrogen) atoms. The van der Waals surface area contributed by atoms with Crippen LogP contribution in [0.5, 0.6) is 0 Å². The molecule has 0 unspecified atom stereocenters. The van der Waals surface area contributed by atoms with Crippen molar-refractivity contribution in [3.63, 3.8) is 0 Å². The summed E-state index contributed by atoms with van der Waals surface area (Å²) in [5.41, 5.74) is 10.5. The van der Waals surface area contributed by atoms with Crippen molar-refractivity contribution < 1.29 is 0 Å². The topological polar surface area (TPSA) is 51.6 Å². The first kappa shape index (κ1) is 33.5. The SMILES string of the molecule is c1ccc(-c2nc(-c3ccccc3)nc(-c3ccc(-c4cccc(-c5cc6c(-c7ccc8ccccc8c7)nc7ccccc7c6c6ccccc56)c4)cc3)n2)cc1. The fourth-order valence-corrected chi connectivity index (χ4v) is 8.23. The molecule has 0 fully saturated rings. The number of hydrogen-bond acceptors (Lipinski definition) is 4. The highest BCUT2D eigenvalue weighted by atomic mass is 15.0. The lowest BCUT2D eigenvalue weighted by atomic mass is 9.89. The summed E-state index contributed by atoms with van der Waals surface area (Å²) in [7, 11) is 0. The lowest BCUT2D eigenvalue weighted by Gasteiger charge is -2.17. The fourth-order valence-electron chi connectivity index (χ4n) is 8.23. The monoisotopic (exact) mass is 738 g/mol. The Hall–Kier alpha value is -7.82. The standard InChI is InChI=1S/C54H34N4/c1-3-15-37(16-4-1)52-56-53(38-17-5-2-6-18-38)58-54(57-52)39-29-26-36(27-30-39)41-20-13-21-42(32-41)47-34-48-50(45-23-10-9-22-44(45)47)46-24-11-12-25-49(46)55-51(48)43-31-28-35-14-7-8-19-40(35)33-43/h1-34H. The average molecular weight is 739 g/mol. The van der Waals surface area contributed by atoms with Crippen molar-refractivity contribution in [3.8, 4) is 67.7 Å². The second-order valence-corrected chi connectivity index (χ2v) is 14.6. The van der Waals surface area contributed by atoms with E-state index in [4.69, 9.17) is 19.9 Å². The molecule has 9 aromatic carbocycles. The Bertz CT molecular complexity index is 3260. The van der Waals surface area contributed by atoms with Crippen LogP contribution in [-0.2, 0) is 0 Å². The minimum atomic E-state index is 0.638. The molecule has 0 aliphatic carbocycles. The van der Waals surface area contributed by atoms with Crippen LogP contribution < -0.4 is 0 Å². The summed E-state index contributed by atoms with van der Waals surface area (Å²) in [6, 6.07) is 72.4. The first-order valence-electron chi connectivity index (χ1n) is 19.6. The molecule has 2 aromatic heterocycles. The minimum absolute atomic E-state index is 0.638. The average Bonchev–Trinajstić information content (AvgIpc) is 3.31. The maximum absolute atomic E-state index is 5.35. The lowest BCUT2D eigenvalue weighted by molar-refractivity contribution is 1.07. The summed E-state index contributed by atoms with van der Waals surface area (Å²) in [5.74, 6) is 1.94. The number of rotatable bonds is 6. The number of pyridine rings is 1. The highest BCUT2D eigenvalue weighted by Gasteiger charge is 2.18. The Morgan fingerprint density at radius 1 is 0.259 bits per heavy atom. The molecule has 0 spiro atoms. The van der Waals surface area contributed by atoms with Gasteiger partial charge in [-0.2, -0.15) is 0 Å². The first-order valence-corrected chi connectivity index (χ1v) is 19.6. The molecule has 4 nitrogen and oxygen atoms in total. The van der Waals surface area contributed by atoms with Gasteiger partial charge >= 0.3 is 0 Å². The maximum Gasteiger partial charge on any atom is 0.164 e. The molecule has 4 heteroatoms. The van der Waals surface area contributed by atoms with Crippen LogP contribution in [0, 0.1) is 0 Å². The second kappa shape index (κ2) is 14.0. The zero-order chi connectivity index (χ0) is 38.4. The van der Waals surface area contributed by atoms with Gasteiger partial charge in [-0.25, -0.2) is 19.9 Å². The van der Waals surface area contributed by atoms with Gasteiger partial charge in [0.15, 0.2) is 17.5 Å². The third kappa shape index (κ3) is 5.96. The summed E-state index contributed by atoms with van der Waals surface area (Å²) in [4.78, 5) is 20.1. The first-order chi connectivity index (χ1) is 28.7. The van der Waals surface area contributed by atoms with Crippen LogP contribution in [-0.4, -0.2) is 19.9 Å². The molecule has 11 aromatic rings. The Balaban J connectivity index is 1.03. The summed E-state index contributed by atoms with van der Waals surface area (Å²) >= 11 is 0. The van der Waals surface area contributed by atoms with Gasteiger partial charge in [-0.15, -0.1) is 0 Å². The van der Waals surface area contributed by atoms with E-state index < -0.39 is 0 Å². The largest absolute Gasteiger partial charge is 0.247 e. The van der Waals surface area contributed by atoms with Crippen LogP contribution in [0.3, 0.4) is 0 Å². The van der Waals surface area contributed by atoms with Gasteiger partial charge in [-0.1, -0.05) is 182 Å². The maximum atomic E-state index is 5.35. The zero-order valence-corrected chi connectivity index (χ0v) is 31.4. The highest BCUT2D eigenvalue weighted by Crippen LogP contribution is 2.42. The van der Waals surface area contributed by atoms with Crippen LogP contribution in [0.15, 0.2) is 206 Å². The van der Waals surface area contributed by atoms with Gasteiger partial charge in [-0.3, -0.25) is 0 Å². The van der Waals surface area contributed by atoms with E-state index in [-0.39, 0.29) is 0 Å². The van der Waals surface area contributed by atoms with E-state index in [9.17, 15) is 0 Å². The normalized spacial score (nSPS) is 11.4. The van der Waals surface area contributed by atoms with Crippen molar-refractivity contribution in [2.24, 2.45) is 0 Å². The van der Waals surface area contributed by atoms with E-state index in [1.807, 2.05) is 60.7 Å². The highest BCUT2D eigenvalue weighted by molar-refractivity contribution is 6.25. The molecule has 0 N–H and O–H groups in total. The zero-order valence-electron chi connectivity index (χ0n) is 31.4. The van der Waals surface area contributed by atoms with Crippen molar-refractivity contribution in [2.45, 2.75) is 0 Å². The van der Waals surface area contributed by atoms with Crippen molar-refractivity contribution in [1.29, 1.82) is 0 Å². The number of nitrogens with zero attached hydrogens (tertiary/aromatic N) is 4. The third-order valence-corrected chi connectivity index (χ3v) is 11.1. The van der Waals surface area contributed by atoms with Crippen LogP contribution in [0.2, 0.25) is 0 Å². The van der Waals surface area contributed by atoms with Gasteiger partial charge in [-0.05, 0) is 68.1 Å². The quantitative estimate of drug-likeness (QED) is 0.159. The number of hydrogen-bond donors (Lipinski definition) is 0. The molecule has 0 aliphatic heterocycles. The van der Waals surface area contributed by atoms with E-state index in [0.29, 0.717) is 17.5 Å². The molecule has 0 radical (unpaired) electrons.